The van der Waals surface area contributed by atoms with Crippen LogP contribution in [0.1, 0.15) is 5.69 Å². The number of aromatic nitrogens is 3. The van der Waals surface area contributed by atoms with Crippen LogP contribution in [0.3, 0.4) is 0 Å². The highest BCUT2D eigenvalue weighted by Crippen LogP contribution is 2.25. The molecular weight excluding hydrogens is 312 g/mol. The molecule has 23 heavy (non-hydrogen) atoms. The van der Waals surface area contributed by atoms with Gasteiger partial charge >= 0.3 is 0 Å². The number of hydrogen-bond donors (Lipinski definition) is 2. The number of anilines is 1. The van der Waals surface area contributed by atoms with Crippen molar-refractivity contribution >= 4 is 17.2 Å². The molecular formula is C16H18N4O2S. The Bertz CT molecular complexity index is 755. The molecule has 0 radical (unpaired) electrons. The van der Waals surface area contributed by atoms with Crippen molar-refractivity contribution in [2.24, 2.45) is 0 Å². The molecule has 0 atom stereocenters. The predicted octanol–water partition coefficient (Wildman–Crippen LogP) is 2.62. The van der Waals surface area contributed by atoms with Crippen LogP contribution in [0.5, 0.6) is 5.75 Å². The molecule has 0 aliphatic rings. The van der Waals surface area contributed by atoms with Crippen LogP contribution in [0.4, 0.5) is 5.82 Å². The molecule has 1 aromatic carbocycles. The highest BCUT2D eigenvalue weighted by molar-refractivity contribution is 7.07. The van der Waals surface area contributed by atoms with Gasteiger partial charge in [0.25, 0.3) is 0 Å². The number of methoxy groups -OCH3 is 1. The average molecular weight is 330 g/mol. The van der Waals surface area contributed by atoms with Gasteiger partial charge in [0.15, 0.2) is 0 Å². The highest BCUT2D eigenvalue weighted by atomic mass is 32.1. The largest absolute Gasteiger partial charge is 0.497 e. The summed E-state index contributed by atoms with van der Waals surface area (Å²) in [5.74, 6) is 1.64. The number of rotatable bonds is 7. The van der Waals surface area contributed by atoms with Crippen molar-refractivity contribution in [2.75, 3.05) is 19.0 Å². The van der Waals surface area contributed by atoms with E-state index in [2.05, 4.69) is 15.4 Å². The first-order valence-corrected chi connectivity index (χ1v) is 8.18. The van der Waals surface area contributed by atoms with Gasteiger partial charge in [-0.2, -0.15) is 5.10 Å². The molecule has 120 valence electrons. The molecule has 3 rings (SSSR count). The van der Waals surface area contributed by atoms with E-state index in [0.29, 0.717) is 13.1 Å². The zero-order valence-electron chi connectivity index (χ0n) is 12.8. The first-order valence-electron chi connectivity index (χ1n) is 7.24. The minimum absolute atomic E-state index is 0.0324. The third-order valence-electron chi connectivity index (χ3n) is 3.39. The van der Waals surface area contributed by atoms with Crippen molar-refractivity contribution in [3.8, 4) is 17.0 Å². The van der Waals surface area contributed by atoms with Crippen LogP contribution in [-0.4, -0.2) is 33.6 Å². The lowest BCUT2D eigenvalue weighted by atomic mass is 10.1. The highest BCUT2D eigenvalue weighted by Gasteiger charge is 2.10. The molecule has 3 aromatic rings. The monoisotopic (exact) mass is 330 g/mol. The first kappa shape index (κ1) is 15.5. The Morgan fingerprint density at radius 1 is 1.35 bits per heavy atom. The molecule has 0 spiro atoms. The van der Waals surface area contributed by atoms with Gasteiger partial charge in [0, 0.05) is 17.0 Å². The zero-order valence-corrected chi connectivity index (χ0v) is 13.6. The van der Waals surface area contributed by atoms with Crippen LogP contribution in [0.25, 0.3) is 11.3 Å². The molecule has 0 saturated heterocycles. The summed E-state index contributed by atoms with van der Waals surface area (Å²) < 4.78 is 7.03. The van der Waals surface area contributed by atoms with Crippen LogP contribution in [0, 0.1) is 0 Å². The van der Waals surface area contributed by atoms with Gasteiger partial charge < -0.3 is 15.2 Å². The van der Waals surface area contributed by atoms with Crippen molar-refractivity contribution in [2.45, 2.75) is 13.1 Å². The van der Waals surface area contributed by atoms with Gasteiger partial charge in [-0.15, -0.1) is 11.3 Å². The molecule has 0 fully saturated rings. The smallest absolute Gasteiger partial charge is 0.125 e. The number of aliphatic hydroxyl groups excluding tert-OH is 1. The summed E-state index contributed by atoms with van der Waals surface area (Å²) in [7, 11) is 1.64. The van der Waals surface area contributed by atoms with E-state index in [1.807, 2.05) is 41.2 Å². The summed E-state index contributed by atoms with van der Waals surface area (Å²) in [5.41, 5.74) is 4.59. The number of aliphatic hydroxyl groups is 1. The summed E-state index contributed by atoms with van der Waals surface area (Å²) in [6.07, 6.45) is 0. The summed E-state index contributed by atoms with van der Waals surface area (Å²) in [6.45, 7) is 1.09. The van der Waals surface area contributed by atoms with Crippen molar-refractivity contribution in [1.82, 2.24) is 14.8 Å². The lowest BCUT2D eigenvalue weighted by Gasteiger charge is -2.06. The van der Waals surface area contributed by atoms with Crippen molar-refractivity contribution < 1.29 is 9.84 Å². The fraction of sp³-hybridized carbons (Fsp3) is 0.250. The number of ether oxygens (including phenoxy) is 1. The Kier molecular flexibility index (Phi) is 4.89. The fourth-order valence-electron chi connectivity index (χ4n) is 2.25. The normalized spacial score (nSPS) is 10.7. The summed E-state index contributed by atoms with van der Waals surface area (Å²) in [4.78, 5) is 4.26. The number of hydrogen-bond acceptors (Lipinski definition) is 6. The van der Waals surface area contributed by atoms with E-state index in [0.717, 1.165) is 28.5 Å². The standard InChI is InChI=1S/C16H18N4O2S/c1-22-14-4-2-3-12(7-14)15-8-16(20(19-15)5-6-21)17-9-13-10-23-11-18-13/h2-4,7-8,10-11,17,21H,5-6,9H2,1H3. The van der Waals surface area contributed by atoms with E-state index in [1.54, 1.807) is 23.1 Å². The topological polar surface area (TPSA) is 72.2 Å². The zero-order chi connectivity index (χ0) is 16.1. The third-order valence-corrected chi connectivity index (χ3v) is 4.03. The molecule has 0 amide bonds. The van der Waals surface area contributed by atoms with E-state index in [9.17, 15) is 5.11 Å². The van der Waals surface area contributed by atoms with Crippen molar-refractivity contribution in [3.63, 3.8) is 0 Å². The molecule has 0 unspecified atom stereocenters. The maximum atomic E-state index is 9.24. The minimum atomic E-state index is 0.0324. The van der Waals surface area contributed by atoms with E-state index in [1.165, 1.54) is 0 Å². The Morgan fingerprint density at radius 2 is 2.26 bits per heavy atom. The fourth-order valence-corrected chi connectivity index (χ4v) is 2.81. The number of thiazole rings is 1. The van der Waals surface area contributed by atoms with E-state index in [-0.39, 0.29) is 6.61 Å². The Morgan fingerprint density at radius 3 is 3.00 bits per heavy atom. The number of nitrogens with zero attached hydrogens (tertiary/aromatic N) is 3. The molecule has 0 aliphatic carbocycles. The van der Waals surface area contributed by atoms with Gasteiger partial charge in [0.05, 0.1) is 43.7 Å². The van der Waals surface area contributed by atoms with E-state index >= 15 is 0 Å². The molecule has 0 aliphatic heterocycles. The van der Waals surface area contributed by atoms with Crippen LogP contribution in [0.15, 0.2) is 41.2 Å². The first-order chi connectivity index (χ1) is 11.3. The second kappa shape index (κ2) is 7.26. The molecule has 7 heteroatoms. The number of nitrogens with one attached hydrogen (secondary N) is 1. The minimum Gasteiger partial charge on any atom is -0.497 e. The summed E-state index contributed by atoms with van der Waals surface area (Å²) in [6, 6.07) is 9.72. The molecule has 0 bridgehead atoms. The predicted molar refractivity (Wildman–Crippen MR) is 90.7 cm³/mol. The summed E-state index contributed by atoms with van der Waals surface area (Å²) in [5, 5.41) is 19.1. The van der Waals surface area contributed by atoms with Gasteiger partial charge in [-0.25, -0.2) is 9.67 Å². The molecule has 2 heterocycles. The second-order valence-corrected chi connectivity index (χ2v) is 5.65. The SMILES string of the molecule is COc1cccc(-c2cc(NCc3cscn3)n(CCO)n2)c1. The number of benzene rings is 1. The van der Waals surface area contributed by atoms with Crippen molar-refractivity contribution in [3.05, 3.63) is 46.9 Å². The van der Waals surface area contributed by atoms with Gasteiger partial charge in [0.1, 0.15) is 11.6 Å². The molecule has 6 nitrogen and oxygen atoms in total. The summed E-state index contributed by atoms with van der Waals surface area (Å²) >= 11 is 1.57. The third kappa shape index (κ3) is 3.69. The quantitative estimate of drug-likeness (QED) is 0.697. The van der Waals surface area contributed by atoms with Crippen LogP contribution in [0.2, 0.25) is 0 Å². The van der Waals surface area contributed by atoms with Gasteiger partial charge in [-0.05, 0) is 12.1 Å². The van der Waals surface area contributed by atoms with E-state index < -0.39 is 0 Å². The van der Waals surface area contributed by atoms with Crippen molar-refractivity contribution in [1.29, 1.82) is 0 Å². The van der Waals surface area contributed by atoms with E-state index in [4.69, 9.17) is 4.74 Å². The lowest BCUT2D eigenvalue weighted by molar-refractivity contribution is 0.270. The Labute approximate surface area is 138 Å². The maximum absolute atomic E-state index is 9.24. The van der Waals surface area contributed by atoms with Crippen LogP contribution < -0.4 is 10.1 Å². The van der Waals surface area contributed by atoms with Gasteiger partial charge in [-0.1, -0.05) is 12.1 Å². The second-order valence-electron chi connectivity index (χ2n) is 4.93. The average Bonchev–Trinajstić information content (AvgIpc) is 3.23. The Hall–Kier alpha value is -2.38. The lowest BCUT2D eigenvalue weighted by Crippen LogP contribution is -2.10. The van der Waals surface area contributed by atoms with Crippen LogP contribution >= 0.6 is 11.3 Å². The molecule has 0 saturated carbocycles. The van der Waals surface area contributed by atoms with Gasteiger partial charge in [-0.3, -0.25) is 0 Å². The Balaban J connectivity index is 1.85. The van der Waals surface area contributed by atoms with Gasteiger partial charge in [0.2, 0.25) is 0 Å². The van der Waals surface area contributed by atoms with Crippen LogP contribution in [-0.2, 0) is 13.1 Å². The maximum Gasteiger partial charge on any atom is 0.125 e. The molecule has 2 N–H and O–H groups in total. The molecule has 2 aromatic heterocycles.